The van der Waals surface area contributed by atoms with Gasteiger partial charge < -0.3 is 24.8 Å². The molecule has 0 atom stereocenters. The number of anilines is 1. The molecular weight excluding hydrogens is 344 g/mol. The minimum absolute atomic E-state index is 0.248. The molecule has 0 amide bonds. The van der Waals surface area contributed by atoms with Crippen LogP contribution in [0.3, 0.4) is 0 Å². The second-order valence-corrected chi connectivity index (χ2v) is 5.34. The van der Waals surface area contributed by atoms with Gasteiger partial charge in [-0.2, -0.15) is 0 Å². The van der Waals surface area contributed by atoms with Crippen molar-refractivity contribution in [3.8, 4) is 0 Å². The summed E-state index contributed by atoms with van der Waals surface area (Å²) in [5, 5.41) is 6.28. The summed E-state index contributed by atoms with van der Waals surface area (Å²) in [6.07, 6.45) is 0.784. The molecule has 0 fully saturated rings. The maximum absolute atomic E-state index is 12.1. The van der Waals surface area contributed by atoms with Crippen LogP contribution in [0.15, 0.2) is 18.2 Å². The lowest BCUT2D eigenvalue weighted by Crippen LogP contribution is -2.30. The van der Waals surface area contributed by atoms with Crippen molar-refractivity contribution in [1.29, 1.82) is 0 Å². The largest absolute Gasteiger partial charge is 0.462 e. The normalized spacial score (nSPS) is 10.0. The quantitative estimate of drug-likeness (QED) is 0.390. The first-order chi connectivity index (χ1) is 12.0. The Labute approximate surface area is 153 Å². The molecule has 0 bridgehead atoms. The summed E-state index contributed by atoms with van der Waals surface area (Å²) in [4.78, 5) is 24.0. The fraction of sp³-hybridized carbons (Fsp3) is 0.471. The summed E-state index contributed by atoms with van der Waals surface area (Å²) in [5.41, 5.74) is 0.990. The molecule has 1 aromatic carbocycles. The highest BCUT2D eigenvalue weighted by molar-refractivity contribution is 7.80. The van der Waals surface area contributed by atoms with Crippen molar-refractivity contribution >= 4 is 35.0 Å². The Balaban J connectivity index is 2.93. The predicted molar refractivity (Wildman–Crippen MR) is 99.1 cm³/mol. The first-order valence-electron chi connectivity index (χ1n) is 8.05. The molecule has 0 aromatic heterocycles. The van der Waals surface area contributed by atoms with Gasteiger partial charge in [0.25, 0.3) is 0 Å². The van der Waals surface area contributed by atoms with Crippen LogP contribution >= 0.6 is 12.2 Å². The van der Waals surface area contributed by atoms with E-state index in [1.165, 1.54) is 18.2 Å². The Morgan fingerprint density at radius 2 is 1.80 bits per heavy atom. The van der Waals surface area contributed by atoms with Crippen molar-refractivity contribution in [3.63, 3.8) is 0 Å². The number of thiocarbonyl (C=S) groups is 1. The van der Waals surface area contributed by atoms with Crippen LogP contribution in [0.5, 0.6) is 0 Å². The summed E-state index contributed by atoms with van der Waals surface area (Å²) in [6.45, 7) is 5.19. The topological polar surface area (TPSA) is 85.9 Å². The number of hydrogen-bond donors (Lipinski definition) is 2. The van der Waals surface area contributed by atoms with Gasteiger partial charge in [-0.15, -0.1) is 0 Å². The molecular formula is C17H24N2O5S. The Morgan fingerprint density at radius 3 is 2.44 bits per heavy atom. The van der Waals surface area contributed by atoms with E-state index in [0.717, 1.165) is 6.42 Å². The summed E-state index contributed by atoms with van der Waals surface area (Å²) < 4.78 is 15.0. The third-order valence-corrected chi connectivity index (χ3v) is 3.33. The van der Waals surface area contributed by atoms with Gasteiger partial charge in [-0.25, -0.2) is 9.59 Å². The maximum atomic E-state index is 12.1. The van der Waals surface area contributed by atoms with Gasteiger partial charge in [0.1, 0.15) is 0 Å². The van der Waals surface area contributed by atoms with Gasteiger partial charge in [-0.3, -0.25) is 0 Å². The van der Waals surface area contributed by atoms with Crippen molar-refractivity contribution in [3.05, 3.63) is 29.3 Å². The standard InChI is InChI=1S/C17H24N2O5S/c1-4-23-15(20)12-7-8-13(16(21)24-5-2)14(11-12)19-17(25)18-9-6-10-22-3/h7-8,11H,4-6,9-10H2,1-3H3,(H2,18,19,25). The van der Waals surface area contributed by atoms with Crippen molar-refractivity contribution in [2.75, 3.05) is 38.8 Å². The number of carbonyl (C=O) groups is 2. The first-order valence-corrected chi connectivity index (χ1v) is 8.46. The molecule has 138 valence electrons. The van der Waals surface area contributed by atoms with Crippen molar-refractivity contribution < 1.29 is 23.8 Å². The molecule has 2 N–H and O–H groups in total. The number of esters is 2. The van der Waals surface area contributed by atoms with Crippen LogP contribution in [0.4, 0.5) is 5.69 Å². The van der Waals surface area contributed by atoms with E-state index in [0.29, 0.717) is 29.5 Å². The van der Waals surface area contributed by atoms with Gasteiger partial charge in [0.15, 0.2) is 5.11 Å². The molecule has 0 unspecified atom stereocenters. The molecule has 0 aliphatic heterocycles. The molecule has 0 saturated heterocycles. The number of benzene rings is 1. The fourth-order valence-corrected chi connectivity index (χ4v) is 2.17. The van der Waals surface area contributed by atoms with Gasteiger partial charge in [0.05, 0.1) is 30.0 Å². The van der Waals surface area contributed by atoms with E-state index < -0.39 is 11.9 Å². The molecule has 0 saturated carbocycles. The minimum Gasteiger partial charge on any atom is -0.462 e. The smallest absolute Gasteiger partial charge is 0.340 e. The molecule has 0 heterocycles. The van der Waals surface area contributed by atoms with E-state index in [1.54, 1.807) is 21.0 Å². The van der Waals surface area contributed by atoms with Crippen LogP contribution in [0.2, 0.25) is 0 Å². The summed E-state index contributed by atoms with van der Waals surface area (Å²) in [5.74, 6) is -0.970. The maximum Gasteiger partial charge on any atom is 0.340 e. The van der Waals surface area contributed by atoms with Crippen LogP contribution in [-0.4, -0.2) is 50.5 Å². The number of methoxy groups -OCH3 is 1. The molecule has 0 radical (unpaired) electrons. The van der Waals surface area contributed by atoms with Gasteiger partial charge >= 0.3 is 11.9 Å². The number of ether oxygens (including phenoxy) is 3. The highest BCUT2D eigenvalue weighted by Crippen LogP contribution is 2.20. The zero-order chi connectivity index (χ0) is 18.7. The number of rotatable bonds is 9. The lowest BCUT2D eigenvalue weighted by molar-refractivity contribution is 0.0512. The summed E-state index contributed by atoms with van der Waals surface area (Å²) in [7, 11) is 1.63. The van der Waals surface area contributed by atoms with Crippen LogP contribution in [0.25, 0.3) is 0 Å². The van der Waals surface area contributed by atoms with E-state index in [2.05, 4.69) is 10.6 Å². The second-order valence-electron chi connectivity index (χ2n) is 4.93. The second kappa shape index (κ2) is 11.4. The summed E-state index contributed by atoms with van der Waals surface area (Å²) in [6, 6.07) is 4.55. The van der Waals surface area contributed by atoms with Crippen LogP contribution in [0.1, 0.15) is 41.0 Å². The molecule has 0 aliphatic rings. The number of hydrogen-bond acceptors (Lipinski definition) is 6. The van der Waals surface area contributed by atoms with Gasteiger partial charge in [-0.1, -0.05) is 0 Å². The zero-order valence-corrected chi connectivity index (χ0v) is 15.5. The summed E-state index contributed by atoms with van der Waals surface area (Å²) >= 11 is 5.23. The Kier molecular flexibility index (Phi) is 9.49. The SMILES string of the molecule is CCOC(=O)c1ccc(C(=O)OCC)c(NC(=S)NCCCOC)c1. The lowest BCUT2D eigenvalue weighted by Gasteiger charge is -2.14. The Bertz CT molecular complexity index is 607. The Hall–Kier alpha value is -2.19. The van der Waals surface area contributed by atoms with Crippen molar-refractivity contribution in [1.82, 2.24) is 5.32 Å². The molecule has 8 heteroatoms. The number of nitrogens with one attached hydrogen (secondary N) is 2. The monoisotopic (exact) mass is 368 g/mol. The van der Waals surface area contributed by atoms with Gasteiger partial charge in [-0.05, 0) is 50.7 Å². The molecule has 7 nitrogen and oxygen atoms in total. The highest BCUT2D eigenvalue weighted by Gasteiger charge is 2.17. The zero-order valence-electron chi connectivity index (χ0n) is 14.7. The third kappa shape index (κ3) is 7.06. The van der Waals surface area contributed by atoms with Crippen molar-refractivity contribution in [2.45, 2.75) is 20.3 Å². The van der Waals surface area contributed by atoms with E-state index in [4.69, 9.17) is 26.4 Å². The molecule has 1 rings (SSSR count). The average molecular weight is 368 g/mol. The molecule has 1 aromatic rings. The minimum atomic E-state index is -0.498. The van der Waals surface area contributed by atoms with Crippen molar-refractivity contribution in [2.24, 2.45) is 0 Å². The number of carbonyl (C=O) groups excluding carboxylic acids is 2. The Morgan fingerprint density at radius 1 is 1.12 bits per heavy atom. The van der Waals surface area contributed by atoms with E-state index >= 15 is 0 Å². The molecule has 0 spiro atoms. The van der Waals surface area contributed by atoms with Crippen LogP contribution in [0, 0.1) is 0 Å². The third-order valence-electron chi connectivity index (χ3n) is 3.09. The fourth-order valence-electron chi connectivity index (χ4n) is 1.96. The lowest BCUT2D eigenvalue weighted by atomic mass is 10.1. The first kappa shape index (κ1) is 20.9. The molecule has 25 heavy (non-hydrogen) atoms. The van der Waals surface area contributed by atoms with E-state index in [-0.39, 0.29) is 18.8 Å². The average Bonchev–Trinajstić information content (AvgIpc) is 2.59. The van der Waals surface area contributed by atoms with Crippen LogP contribution < -0.4 is 10.6 Å². The molecule has 0 aliphatic carbocycles. The highest BCUT2D eigenvalue weighted by atomic mass is 32.1. The van der Waals surface area contributed by atoms with Gasteiger partial charge in [0.2, 0.25) is 0 Å². The van der Waals surface area contributed by atoms with Crippen LogP contribution in [-0.2, 0) is 14.2 Å². The van der Waals surface area contributed by atoms with Gasteiger partial charge in [0, 0.05) is 20.3 Å². The predicted octanol–water partition coefficient (Wildman–Crippen LogP) is 2.36. The van der Waals surface area contributed by atoms with E-state index in [1.807, 2.05) is 0 Å². The van der Waals surface area contributed by atoms with E-state index in [9.17, 15) is 9.59 Å².